The molecular weight excluding hydrogens is 455 g/mol. The van der Waals surface area contributed by atoms with Crippen molar-refractivity contribution in [2.75, 3.05) is 10.6 Å². The Bertz CT molecular complexity index is 1210. The lowest BCUT2D eigenvalue weighted by molar-refractivity contribution is 0.0951. The Morgan fingerprint density at radius 3 is 2.41 bits per heavy atom. The SMILES string of the molecule is C[C@H](Nc1cc(C(=O)NCc2ccccc2)cc(Nc2cnccn2)n1)c1ccc(F)cc1.Cl. The summed E-state index contributed by atoms with van der Waals surface area (Å²) in [6.07, 6.45) is 4.70. The third kappa shape index (κ3) is 6.73. The van der Waals surface area contributed by atoms with Crippen LogP contribution < -0.4 is 16.0 Å². The third-order valence-corrected chi connectivity index (χ3v) is 4.94. The van der Waals surface area contributed by atoms with Crippen molar-refractivity contribution < 1.29 is 9.18 Å². The number of hydrogen-bond acceptors (Lipinski definition) is 6. The average molecular weight is 479 g/mol. The summed E-state index contributed by atoms with van der Waals surface area (Å²) in [6, 6.07) is 19.1. The van der Waals surface area contributed by atoms with Crippen LogP contribution in [0.25, 0.3) is 0 Å². The van der Waals surface area contributed by atoms with Crippen molar-refractivity contribution in [1.82, 2.24) is 20.3 Å². The van der Waals surface area contributed by atoms with Crippen LogP contribution in [0.15, 0.2) is 85.3 Å². The normalized spacial score (nSPS) is 11.1. The minimum Gasteiger partial charge on any atom is -0.363 e. The number of rotatable bonds is 8. The standard InChI is InChI=1S/C25H23FN6O.ClH/c1-17(19-7-9-21(26)10-8-19)30-22-13-20(25(33)29-15-18-5-3-2-4-6-18)14-23(31-22)32-24-16-27-11-12-28-24;/h2-14,16-17H,15H2,1H3,(H,29,33)(H2,28,30,31,32);1H/t17-;/m0./s1. The Morgan fingerprint density at radius 2 is 1.71 bits per heavy atom. The highest BCUT2D eigenvalue weighted by Crippen LogP contribution is 2.22. The fourth-order valence-corrected chi connectivity index (χ4v) is 3.23. The van der Waals surface area contributed by atoms with Gasteiger partial charge in [0.1, 0.15) is 23.3 Å². The van der Waals surface area contributed by atoms with Crippen molar-refractivity contribution in [3.05, 3.63) is 108 Å². The number of aromatic nitrogens is 3. The van der Waals surface area contributed by atoms with Crippen molar-refractivity contribution >= 4 is 35.8 Å². The summed E-state index contributed by atoms with van der Waals surface area (Å²) in [7, 11) is 0. The Labute approximate surface area is 203 Å². The van der Waals surface area contributed by atoms with E-state index in [4.69, 9.17) is 0 Å². The van der Waals surface area contributed by atoms with Gasteiger partial charge < -0.3 is 16.0 Å². The predicted octanol–water partition coefficient (Wildman–Crippen LogP) is 5.28. The molecule has 0 unspecified atom stereocenters. The van der Waals surface area contributed by atoms with E-state index >= 15 is 0 Å². The van der Waals surface area contributed by atoms with Crippen LogP contribution in [-0.4, -0.2) is 20.9 Å². The molecule has 0 fully saturated rings. The fraction of sp³-hybridized carbons (Fsp3) is 0.120. The number of anilines is 3. The second-order valence-corrected chi connectivity index (χ2v) is 7.43. The molecule has 0 radical (unpaired) electrons. The molecule has 3 N–H and O–H groups in total. The van der Waals surface area contributed by atoms with Gasteiger partial charge in [-0.15, -0.1) is 12.4 Å². The molecule has 0 aliphatic rings. The largest absolute Gasteiger partial charge is 0.363 e. The molecule has 0 saturated heterocycles. The van der Waals surface area contributed by atoms with E-state index in [9.17, 15) is 9.18 Å². The van der Waals surface area contributed by atoms with E-state index in [1.165, 1.54) is 12.1 Å². The highest BCUT2D eigenvalue weighted by atomic mass is 35.5. The molecule has 174 valence electrons. The van der Waals surface area contributed by atoms with E-state index in [1.54, 1.807) is 42.9 Å². The molecular formula is C25H24ClFN6O. The summed E-state index contributed by atoms with van der Waals surface area (Å²) in [4.78, 5) is 25.7. The van der Waals surface area contributed by atoms with Gasteiger partial charge >= 0.3 is 0 Å². The van der Waals surface area contributed by atoms with Crippen LogP contribution in [-0.2, 0) is 6.54 Å². The van der Waals surface area contributed by atoms with Gasteiger partial charge in [0.15, 0.2) is 0 Å². The van der Waals surface area contributed by atoms with E-state index in [-0.39, 0.29) is 30.2 Å². The quantitative estimate of drug-likeness (QED) is 0.319. The van der Waals surface area contributed by atoms with Crippen LogP contribution in [0.1, 0.15) is 34.5 Å². The first-order chi connectivity index (χ1) is 16.1. The molecule has 0 aliphatic heterocycles. The van der Waals surface area contributed by atoms with Crippen LogP contribution in [0.5, 0.6) is 0 Å². The zero-order valence-electron chi connectivity index (χ0n) is 18.4. The van der Waals surface area contributed by atoms with Crippen LogP contribution >= 0.6 is 12.4 Å². The van der Waals surface area contributed by atoms with Gasteiger partial charge in [-0.05, 0) is 42.3 Å². The summed E-state index contributed by atoms with van der Waals surface area (Å²) < 4.78 is 13.3. The van der Waals surface area contributed by atoms with Gasteiger partial charge in [-0.2, -0.15) is 0 Å². The minimum absolute atomic E-state index is 0. The Morgan fingerprint density at radius 1 is 0.971 bits per heavy atom. The predicted molar refractivity (Wildman–Crippen MR) is 133 cm³/mol. The number of halogens is 2. The summed E-state index contributed by atoms with van der Waals surface area (Å²) in [5.74, 6) is 0.907. The van der Waals surface area contributed by atoms with Gasteiger partial charge in [-0.3, -0.25) is 9.78 Å². The van der Waals surface area contributed by atoms with Crippen LogP contribution in [0, 0.1) is 5.82 Å². The molecule has 9 heteroatoms. The molecule has 4 aromatic rings. The number of benzene rings is 2. The molecule has 0 saturated carbocycles. The number of nitrogens with zero attached hydrogens (tertiary/aromatic N) is 3. The lowest BCUT2D eigenvalue weighted by Gasteiger charge is -2.17. The molecule has 7 nitrogen and oxygen atoms in total. The van der Waals surface area contributed by atoms with E-state index < -0.39 is 0 Å². The number of pyridine rings is 1. The van der Waals surface area contributed by atoms with Crippen molar-refractivity contribution in [2.45, 2.75) is 19.5 Å². The van der Waals surface area contributed by atoms with Crippen molar-refractivity contribution in [1.29, 1.82) is 0 Å². The van der Waals surface area contributed by atoms with Crippen molar-refractivity contribution in [2.24, 2.45) is 0 Å². The lowest BCUT2D eigenvalue weighted by atomic mass is 10.1. The molecule has 2 aromatic carbocycles. The van der Waals surface area contributed by atoms with Gasteiger partial charge in [0.2, 0.25) is 0 Å². The van der Waals surface area contributed by atoms with Crippen LogP contribution in [0.4, 0.5) is 21.8 Å². The number of hydrogen-bond donors (Lipinski definition) is 3. The maximum atomic E-state index is 13.3. The number of carbonyl (C=O) groups excluding carboxylic acids is 1. The number of carbonyl (C=O) groups is 1. The maximum Gasteiger partial charge on any atom is 0.251 e. The maximum absolute atomic E-state index is 13.3. The van der Waals surface area contributed by atoms with Crippen LogP contribution in [0.3, 0.4) is 0 Å². The molecule has 0 spiro atoms. The monoisotopic (exact) mass is 478 g/mol. The molecule has 2 aromatic heterocycles. The van der Waals surface area contributed by atoms with Gasteiger partial charge in [0.25, 0.3) is 5.91 Å². The van der Waals surface area contributed by atoms with E-state index in [1.807, 2.05) is 37.3 Å². The van der Waals surface area contributed by atoms with E-state index in [2.05, 4.69) is 30.9 Å². The lowest BCUT2D eigenvalue weighted by Crippen LogP contribution is -2.23. The summed E-state index contributed by atoms with van der Waals surface area (Å²) in [5.41, 5.74) is 2.32. The second kappa shape index (κ2) is 11.7. The summed E-state index contributed by atoms with van der Waals surface area (Å²) >= 11 is 0. The molecule has 2 heterocycles. The highest BCUT2D eigenvalue weighted by Gasteiger charge is 2.13. The first-order valence-corrected chi connectivity index (χ1v) is 10.5. The molecule has 0 aliphatic carbocycles. The number of nitrogens with one attached hydrogen (secondary N) is 3. The highest BCUT2D eigenvalue weighted by molar-refractivity contribution is 5.95. The third-order valence-electron chi connectivity index (χ3n) is 4.94. The molecule has 34 heavy (non-hydrogen) atoms. The molecule has 1 amide bonds. The smallest absolute Gasteiger partial charge is 0.251 e. The molecule has 0 bridgehead atoms. The van der Waals surface area contributed by atoms with E-state index in [0.29, 0.717) is 29.6 Å². The average Bonchev–Trinajstić information content (AvgIpc) is 2.84. The van der Waals surface area contributed by atoms with Crippen LogP contribution in [0.2, 0.25) is 0 Å². The van der Waals surface area contributed by atoms with Gasteiger partial charge in [0, 0.05) is 30.5 Å². The van der Waals surface area contributed by atoms with Gasteiger partial charge in [0.05, 0.1) is 6.20 Å². The first kappa shape index (κ1) is 24.6. The zero-order valence-corrected chi connectivity index (χ0v) is 19.2. The summed E-state index contributed by atoms with van der Waals surface area (Å²) in [5, 5.41) is 9.30. The van der Waals surface area contributed by atoms with Gasteiger partial charge in [-0.25, -0.2) is 14.4 Å². The topological polar surface area (TPSA) is 91.8 Å². The zero-order chi connectivity index (χ0) is 23.0. The Balaban J connectivity index is 0.00000324. The molecule has 1 atom stereocenters. The van der Waals surface area contributed by atoms with E-state index in [0.717, 1.165) is 11.1 Å². The number of amides is 1. The van der Waals surface area contributed by atoms with Gasteiger partial charge in [-0.1, -0.05) is 42.5 Å². The fourth-order valence-electron chi connectivity index (χ4n) is 3.23. The summed E-state index contributed by atoms with van der Waals surface area (Å²) in [6.45, 7) is 2.34. The Kier molecular flexibility index (Phi) is 8.48. The van der Waals surface area contributed by atoms with Crippen molar-refractivity contribution in [3.63, 3.8) is 0 Å². The minimum atomic E-state index is -0.295. The second-order valence-electron chi connectivity index (χ2n) is 7.43. The first-order valence-electron chi connectivity index (χ1n) is 10.5. The van der Waals surface area contributed by atoms with Crippen molar-refractivity contribution in [3.8, 4) is 0 Å². The Hall–Kier alpha value is -4.04. The molecule has 4 rings (SSSR count).